The molecular weight excluding hydrogens is 260 g/mol. The molecule has 1 aliphatic carbocycles. The van der Waals surface area contributed by atoms with Crippen LogP contribution < -0.4 is 5.32 Å². The van der Waals surface area contributed by atoms with E-state index in [0.29, 0.717) is 17.5 Å². The Balaban J connectivity index is 1.83. The van der Waals surface area contributed by atoms with Crippen molar-refractivity contribution in [2.45, 2.75) is 31.2 Å². The molecule has 0 bridgehead atoms. The average Bonchev–Trinajstić information content (AvgIpc) is 2.70. The van der Waals surface area contributed by atoms with E-state index in [1.165, 1.54) is 25.0 Å². The molecule has 0 aromatic heterocycles. The molecule has 17 heavy (non-hydrogen) atoms. The van der Waals surface area contributed by atoms with Gasteiger partial charge in [-0.2, -0.15) is 0 Å². The molecule has 1 N–H and O–H groups in total. The molecule has 1 nitrogen and oxygen atoms in total. The summed E-state index contributed by atoms with van der Waals surface area (Å²) in [5, 5.41) is 4.19. The van der Waals surface area contributed by atoms with Gasteiger partial charge in [0.15, 0.2) is 0 Å². The van der Waals surface area contributed by atoms with Crippen molar-refractivity contribution in [3.8, 4) is 0 Å². The van der Waals surface area contributed by atoms with E-state index < -0.39 is 0 Å². The Bertz CT molecular complexity index is 384. The maximum atomic E-state index is 13.0. The van der Waals surface area contributed by atoms with Crippen molar-refractivity contribution in [2.24, 2.45) is 5.92 Å². The van der Waals surface area contributed by atoms with E-state index >= 15 is 0 Å². The number of hydrogen-bond acceptors (Lipinski definition) is 1. The van der Waals surface area contributed by atoms with Crippen LogP contribution >= 0.6 is 23.2 Å². The SMILES string of the molecule is Fc1ccc(Cl)c(CNCC2CCCC2Cl)c1. The number of rotatable bonds is 4. The summed E-state index contributed by atoms with van der Waals surface area (Å²) in [4.78, 5) is 0. The minimum absolute atomic E-state index is 0.248. The van der Waals surface area contributed by atoms with Gasteiger partial charge < -0.3 is 5.32 Å². The third-order valence-electron chi connectivity index (χ3n) is 3.30. The molecule has 1 aromatic carbocycles. The molecule has 4 heteroatoms. The molecule has 0 aliphatic heterocycles. The van der Waals surface area contributed by atoms with Crippen LogP contribution in [0.1, 0.15) is 24.8 Å². The Morgan fingerprint density at radius 3 is 2.88 bits per heavy atom. The smallest absolute Gasteiger partial charge is 0.123 e. The highest BCUT2D eigenvalue weighted by Crippen LogP contribution is 2.29. The van der Waals surface area contributed by atoms with E-state index in [9.17, 15) is 4.39 Å². The first kappa shape index (κ1) is 13.1. The molecule has 2 unspecified atom stereocenters. The number of alkyl halides is 1. The van der Waals surface area contributed by atoms with Crippen molar-refractivity contribution in [2.75, 3.05) is 6.54 Å². The molecule has 94 valence electrons. The van der Waals surface area contributed by atoms with Gasteiger partial charge in [0.1, 0.15) is 5.82 Å². The molecule has 1 fully saturated rings. The second-order valence-corrected chi connectivity index (χ2v) is 5.54. The molecular formula is C13H16Cl2FN. The van der Waals surface area contributed by atoms with Gasteiger partial charge in [-0.25, -0.2) is 4.39 Å². The first-order chi connectivity index (χ1) is 8.16. The van der Waals surface area contributed by atoms with Crippen molar-refractivity contribution < 1.29 is 4.39 Å². The lowest BCUT2D eigenvalue weighted by Crippen LogP contribution is -2.25. The third kappa shape index (κ3) is 3.57. The van der Waals surface area contributed by atoms with Crippen LogP contribution in [0, 0.1) is 11.7 Å². The zero-order valence-corrected chi connectivity index (χ0v) is 11.1. The molecule has 0 spiro atoms. The number of nitrogens with one attached hydrogen (secondary N) is 1. The van der Waals surface area contributed by atoms with Crippen LogP contribution in [0.4, 0.5) is 4.39 Å². The summed E-state index contributed by atoms with van der Waals surface area (Å²) in [6, 6.07) is 4.44. The van der Waals surface area contributed by atoms with Crippen LogP contribution in [0.5, 0.6) is 0 Å². The standard InChI is InChI=1S/C13H16Cl2FN/c14-12-3-1-2-9(12)7-17-8-10-6-11(16)4-5-13(10)15/h4-6,9,12,17H,1-3,7-8H2. The van der Waals surface area contributed by atoms with Gasteiger partial charge in [0, 0.05) is 16.9 Å². The Hall–Kier alpha value is -0.310. The van der Waals surface area contributed by atoms with Crippen LogP contribution in [0.25, 0.3) is 0 Å². The predicted molar refractivity (Wildman–Crippen MR) is 70.1 cm³/mol. The minimum atomic E-state index is -0.248. The van der Waals surface area contributed by atoms with Crippen molar-refractivity contribution in [1.29, 1.82) is 0 Å². The van der Waals surface area contributed by atoms with Crippen LogP contribution in [0.3, 0.4) is 0 Å². The van der Waals surface area contributed by atoms with Gasteiger partial charge in [-0.05, 0) is 49.1 Å². The highest BCUT2D eigenvalue weighted by molar-refractivity contribution is 6.31. The van der Waals surface area contributed by atoms with Gasteiger partial charge >= 0.3 is 0 Å². The van der Waals surface area contributed by atoms with Crippen molar-refractivity contribution in [3.63, 3.8) is 0 Å². The lowest BCUT2D eigenvalue weighted by Gasteiger charge is -2.14. The molecule has 1 aromatic rings. The van der Waals surface area contributed by atoms with Crippen LogP contribution in [-0.2, 0) is 6.54 Å². The minimum Gasteiger partial charge on any atom is -0.312 e. The number of hydrogen-bond donors (Lipinski definition) is 1. The molecule has 2 atom stereocenters. The fourth-order valence-electron chi connectivity index (χ4n) is 2.29. The van der Waals surface area contributed by atoms with E-state index in [1.54, 1.807) is 6.07 Å². The second-order valence-electron chi connectivity index (χ2n) is 4.57. The Morgan fingerprint density at radius 2 is 2.18 bits per heavy atom. The van der Waals surface area contributed by atoms with Gasteiger partial charge in [-0.15, -0.1) is 11.6 Å². The number of benzene rings is 1. The van der Waals surface area contributed by atoms with Crippen molar-refractivity contribution >= 4 is 23.2 Å². The van der Waals surface area contributed by atoms with Gasteiger partial charge in [-0.3, -0.25) is 0 Å². The fraction of sp³-hybridized carbons (Fsp3) is 0.538. The largest absolute Gasteiger partial charge is 0.312 e. The third-order valence-corrected chi connectivity index (χ3v) is 4.24. The molecule has 1 aliphatic rings. The maximum absolute atomic E-state index is 13.0. The molecule has 0 radical (unpaired) electrons. The molecule has 0 heterocycles. The summed E-state index contributed by atoms with van der Waals surface area (Å²) in [5.41, 5.74) is 0.802. The Morgan fingerprint density at radius 1 is 1.35 bits per heavy atom. The summed E-state index contributed by atoms with van der Waals surface area (Å²) < 4.78 is 13.0. The van der Waals surface area contributed by atoms with Crippen molar-refractivity contribution in [3.05, 3.63) is 34.6 Å². The second kappa shape index (κ2) is 6.03. The fourth-order valence-corrected chi connectivity index (χ4v) is 2.85. The van der Waals surface area contributed by atoms with Gasteiger partial charge in [0.25, 0.3) is 0 Å². The average molecular weight is 276 g/mol. The lowest BCUT2D eigenvalue weighted by molar-refractivity contribution is 0.493. The zero-order chi connectivity index (χ0) is 12.3. The van der Waals surface area contributed by atoms with Gasteiger partial charge in [0.05, 0.1) is 0 Å². The molecule has 2 rings (SSSR count). The van der Waals surface area contributed by atoms with E-state index in [1.807, 2.05) is 0 Å². The Labute approximate surface area is 111 Å². The maximum Gasteiger partial charge on any atom is 0.123 e. The predicted octanol–water partition coefficient (Wildman–Crippen LogP) is 3.98. The summed E-state index contributed by atoms with van der Waals surface area (Å²) in [5.74, 6) is 0.284. The topological polar surface area (TPSA) is 12.0 Å². The molecule has 0 amide bonds. The zero-order valence-electron chi connectivity index (χ0n) is 9.56. The van der Waals surface area contributed by atoms with Crippen LogP contribution in [-0.4, -0.2) is 11.9 Å². The summed E-state index contributed by atoms with van der Waals surface area (Å²) in [6.45, 7) is 1.47. The first-order valence-electron chi connectivity index (χ1n) is 5.95. The normalized spacial score (nSPS) is 24.2. The van der Waals surface area contributed by atoms with E-state index in [4.69, 9.17) is 23.2 Å². The monoisotopic (exact) mass is 275 g/mol. The highest BCUT2D eigenvalue weighted by Gasteiger charge is 2.24. The van der Waals surface area contributed by atoms with Crippen LogP contribution in [0.15, 0.2) is 18.2 Å². The molecule has 0 saturated heterocycles. The van der Waals surface area contributed by atoms with E-state index in [2.05, 4.69) is 5.32 Å². The number of halogens is 3. The van der Waals surface area contributed by atoms with Crippen molar-refractivity contribution in [1.82, 2.24) is 5.32 Å². The van der Waals surface area contributed by atoms with Gasteiger partial charge in [0.2, 0.25) is 0 Å². The van der Waals surface area contributed by atoms with Gasteiger partial charge in [-0.1, -0.05) is 18.0 Å². The first-order valence-corrected chi connectivity index (χ1v) is 6.77. The quantitative estimate of drug-likeness (QED) is 0.820. The molecule has 1 saturated carbocycles. The Kier molecular flexibility index (Phi) is 4.66. The van der Waals surface area contributed by atoms with E-state index in [0.717, 1.165) is 18.5 Å². The lowest BCUT2D eigenvalue weighted by atomic mass is 10.1. The highest BCUT2D eigenvalue weighted by atomic mass is 35.5. The summed E-state index contributed by atoms with van der Waals surface area (Å²) >= 11 is 12.2. The summed E-state index contributed by atoms with van der Waals surface area (Å²) in [7, 11) is 0. The van der Waals surface area contributed by atoms with Crippen LogP contribution in [0.2, 0.25) is 5.02 Å². The van der Waals surface area contributed by atoms with E-state index in [-0.39, 0.29) is 11.2 Å². The summed E-state index contributed by atoms with van der Waals surface area (Å²) in [6.07, 6.45) is 3.49.